The van der Waals surface area contributed by atoms with Crippen molar-refractivity contribution >= 4 is 43.5 Å². The Morgan fingerprint density at radius 3 is 1.67 bits per heavy atom. The third-order valence-corrected chi connectivity index (χ3v) is 2.78. The highest BCUT2D eigenvalue weighted by Crippen LogP contribution is 2.14. The molecule has 0 heterocycles. The normalized spacial score (nSPS) is 9.00. The van der Waals surface area contributed by atoms with E-state index in [4.69, 9.17) is 11.6 Å². The average molecular weight is 348 g/mol. The van der Waals surface area contributed by atoms with Crippen molar-refractivity contribution in [3.05, 3.63) is 68.6 Å². The standard InChI is InChI=1S/C6H4BrCl.C6H5Br/c7-5-2-1-3-6(8)4-5;7-6-4-2-1-3-5-6/h1-4H;1-5H. The van der Waals surface area contributed by atoms with E-state index in [1.807, 2.05) is 54.6 Å². The fourth-order valence-corrected chi connectivity index (χ4v) is 1.90. The SMILES string of the molecule is Brc1ccccc1.Clc1cccc(Br)c1. The van der Waals surface area contributed by atoms with Crippen molar-refractivity contribution in [3.8, 4) is 0 Å². The summed E-state index contributed by atoms with van der Waals surface area (Å²) in [4.78, 5) is 0. The van der Waals surface area contributed by atoms with Crippen LogP contribution in [0.2, 0.25) is 5.02 Å². The largest absolute Gasteiger partial charge is 0.0843 e. The minimum Gasteiger partial charge on any atom is -0.0843 e. The number of benzene rings is 2. The van der Waals surface area contributed by atoms with Gasteiger partial charge in [0, 0.05) is 14.0 Å². The average Bonchev–Trinajstić information content (AvgIpc) is 2.19. The summed E-state index contributed by atoms with van der Waals surface area (Å²) in [5, 5.41) is 0.763. The molecule has 0 spiro atoms. The van der Waals surface area contributed by atoms with Crippen LogP contribution >= 0.6 is 43.5 Å². The quantitative estimate of drug-likeness (QED) is 0.585. The van der Waals surface area contributed by atoms with E-state index in [0.29, 0.717) is 0 Å². The van der Waals surface area contributed by atoms with Crippen LogP contribution in [0.4, 0.5) is 0 Å². The Kier molecular flexibility index (Phi) is 5.99. The first-order valence-corrected chi connectivity index (χ1v) is 6.26. The molecule has 0 bridgehead atoms. The van der Waals surface area contributed by atoms with Crippen molar-refractivity contribution in [2.75, 3.05) is 0 Å². The Hall–Kier alpha value is -0.310. The first-order valence-electron chi connectivity index (χ1n) is 4.30. The van der Waals surface area contributed by atoms with Crippen molar-refractivity contribution in [1.29, 1.82) is 0 Å². The summed E-state index contributed by atoms with van der Waals surface area (Å²) < 4.78 is 2.15. The molecule has 2 aromatic rings. The van der Waals surface area contributed by atoms with E-state index in [1.165, 1.54) is 0 Å². The van der Waals surface area contributed by atoms with Gasteiger partial charge in [0.15, 0.2) is 0 Å². The van der Waals surface area contributed by atoms with Crippen molar-refractivity contribution < 1.29 is 0 Å². The van der Waals surface area contributed by atoms with Gasteiger partial charge in [-0.15, -0.1) is 0 Å². The molecular weight excluding hydrogens is 339 g/mol. The summed E-state index contributed by atoms with van der Waals surface area (Å²) >= 11 is 12.2. The Morgan fingerprint density at radius 1 is 0.733 bits per heavy atom. The van der Waals surface area contributed by atoms with E-state index in [1.54, 1.807) is 0 Å². The number of hydrogen-bond donors (Lipinski definition) is 0. The second kappa shape index (κ2) is 7.04. The molecule has 0 atom stereocenters. The zero-order valence-corrected chi connectivity index (χ0v) is 11.8. The van der Waals surface area contributed by atoms with Gasteiger partial charge in [-0.2, -0.15) is 0 Å². The maximum absolute atomic E-state index is 5.61. The monoisotopic (exact) mass is 346 g/mol. The van der Waals surface area contributed by atoms with E-state index in [9.17, 15) is 0 Å². The molecule has 0 unspecified atom stereocenters. The van der Waals surface area contributed by atoms with E-state index in [0.717, 1.165) is 14.0 Å². The van der Waals surface area contributed by atoms with Crippen LogP contribution in [0.3, 0.4) is 0 Å². The van der Waals surface area contributed by atoms with Crippen molar-refractivity contribution in [2.24, 2.45) is 0 Å². The number of halogens is 3. The summed E-state index contributed by atoms with van der Waals surface area (Å²) in [7, 11) is 0. The molecule has 0 saturated heterocycles. The topological polar surface area (TPSA) is 0 Å². The van der Waals surface area contributed by atoms with Crippen LogP contribution in [0.1, 0.15) is 0 Å². The zero-order chi connectivity index (χ0) is 11.1. The Balaban J connectivity index is 0.000000151. The number of hydrogen-bond acceptors (Lipinski definition) is 0. The zero-order valence-electron chi connectivity index (χ0n) is 7.83. The lowest BCUT2D eigenvalue weighted by Crippen LogP contribution is -1.61. The summed E-state index contributed by atoms with van der Waals surface area (Å²) in [6.07, 6.45) is 0. The third-order valence-electron chi connectivity index (χ3n) is 1.52. The highest BCUT2D eigenvalue weighted by molar-refractivity contribution is 9.10. The molecule has 0 nitrogen and oxygen atoms in total. The molecule has 0 amide bonds. The van der Waals surface area contributed by atoms with Crippen LogP contribution in [0, 0.1) is 0 Å². The Labute approximate surface area is 112 Å². The van der Waals surface area contributed by atoms with Crippen LogP contribution in [-0.2, 0) is 0 Å². The fourth-order valence-electron chi connectivity index (χ4n) is 0.875. The van der Waals surface area contributed by atoms with Crippen molar-refractivity contribution in [2.45, 2.75) is 0 Å². The second-order valence-electron chi connectivity index (χ2n) is 2.74. The smallest absolute Gasteiger partial charge is 0.0417 e. The molecule has 0 aliphatic carbocycles. The van der Waals surface area contributed by atoms with Crippen LogP contribution in [-0.4, -0.2) is 0 Å². The molecule has 0 radical (unpaired) electrons. The van der Waals surface area contributed by atoms with Gasteiger partial charge in [0.05, 0.1) is 0 Å². The van der Waals surface area contributed by atoms with Crippen molar-refractivity contribution in [3.63, 3.8) is 0 Å². The van der Waals surface area contributed by atoms with E-state index in [-0.39, 0.29) is 0 Å². The predicted octanol–water partition coefficient (Wildman–Crippen LogP) is 5.55. The lowest BCUT2D eigenvalue weighted by Gasteiger charge is -1.87. The molecule has 15 heavy (non-hydrogen) atoms. The molecule has 0 N–H and O–H groups in total. The maximum Gasteiger partial charge on any atom is 0.0417 e. The molecule has 2 aromatic carbocycles. The second-order valence-corrected chi connectivity index (χ2v) is 5.00. The molecule has 3 heteroatoms. The van der Waals surface area contributed by atoms with Crippen molar-refractivity contribution in [1.82, 2.24) is 0 Å². The summed E-state index contributed by atoms with van der Waals surface area (Å²) in [5.74, 6) is 0. The first-order chi connectivity index (χ1) is 7.18. The Bertz CT molecular complexity index is 384. The Morgan fingerprint density at radius 2 is 1.33 bits per heavy atom. The van der Waals surface area contributed by atoms with Gasteiger partial charge < -0.3 is 0 Å². The third kappa shape index (κ3) is 5.98. The molecular formula is C12H9Br2Cl. The van der Waals surface area contributed by atoms with Gasteiger partial charge in [0.1, 0.15) is 0 Å². The van der Waals surface area contributed by atoms with Gasteiger partial charge in [0.25, 0.3) is 0 Å². The summed E-state index contributed by atoms with van der Waals surface area (Å²) in [5.41, 5.74) is 0. The minimum absolute atomic E-state index is 0.763. The van der Waals surface area contributed by atoms with Gasteiger partial charge in [0.2, 0.25) is 0 Å². The van der Waals surface area contributed by atoms with Gasteiger partial charge >= 0.3 is 0 Å². The molecule has 78 valence electrons. The van der Waals surface area contributed by atoms with Crippen LogP contribution < -0.4 is 0 Å². The molecule has 2 rings (SSSR count). The van der Waals surface area contributed by atoms with E-state index < -0.39 is 0 Å². The molecule has 0 saturated carbocycles. The maximum atomic E-state index is 5.61. The van der Waals surface area contributed by atoms with Gasteiger partial charge in [-0.3, -0.25) is 0 Å². The summed E-state index contributed by atoms with van der Waals surface area (Å²) in [6.45, 7) is 0. The molecule has 0 aliphatic rings. The highest BCUT2D eigenvalue weighted by atomic mass is 79.9. The van der Waals surface area contributed by atoms with Gasteiger partial charge in [-0.1, -0.05) is 67.7 Å². The minimum atomic E-state index is 0.763. The lowest BCUT2D eigenvalue weighted by molar-refractivity contribution is 1.65. The molecule has 0 aliphatic heterocycles. The van der Waals surface area contributed by atoms with Crippen LogP contribution in [0.25, 0.3) is 0 Å². The summed E-state index contributed by atoms with van der Waals surface area (Å²) in [6, 6.07) is 17.5. The number of rotatable bonds is 0. The van der Waals surface area contributed by atoms with Crippen LogP contribution in [0.15, 0.2) is 63.5 Å². The van der Waals surface area contributed by atoms with E-state index in [2.05, 4.69) is 31.9 Å². The van der Waals surface area contributed by atoms with Crippen LogP contribution in [0.5, 0.6) is 0 Å². The predicted molar refractivity (Wildman–Crippen MR) is 73.3 cm³/mol. The van der Waals surface area contributed by atoms with Gasteiger partial charge in [-0.25, -0.2) is 0 Å². The molecule has 0 aromatic heterocycles. The lowest BCUT2D eigenvalue weighted by atomic mass is 10.4. The highest BCUT2D eigenvalue weighted by Gasteiger charge is 1.84. The van der Waals surface area contributed by atoms with Gasteiger partial charge in [-0.05, 0) is 30.3 Å². The molecule has 0 fully saturated rings. The fraction of sp³-hybridized carbons (Fsp3) is 0. The van der Waals surface area contributed by atoms with E-state index >= 15 is 0 Å². The first kappa shape index (κ1) is 12.8.